The van der Waals surface area contributed by atoms with Crippen molar-refractivity contribution in [3.63, 3.8) is 0 Å². The topological polar surface area (TPSA) is 112 Å². The molecule has 1 unspecified atom stereocenters. The van der Waals surface area contributed by atoms with Gasteiger partial charge in [-0.05, 0) is 35.0 Å². The van der Waals surface area contributed by atoms with Gasteiger partial charge in [-0.2, -0.15) is 4.68 Å². The third kappa shape index (κ3) is 1.73. The summed E-state index contributed by atoms with van der Waals surface area (Å²) in [5.74, 6) is -0.0303. The number of tetrazole rings is 1. The zero-order valence-electron chi connectivity index (χ0n) is 10.1. The number of nitrogens with one attached hydrogen (secondary N) is 1. The third-order valence-electron chi connectivity index (χ3n) is 3.00. The van der Waals surface area contributed by atoms with E-state index in [1.54, 1.807) is 31.5 Å². The lowest BCUT2D eigenvalue weighted by Crippen LogP contribution is -2.31. The minimum atomic E-state index is -0.507. The zero-order valence-corrected chi connectivity index (χ0v) is 10.1. The lowest BCUT2D eigenvalue weighted by atomic mass is 9.96. The van der Waals surface area contributed by atoms with Gasteiger partial charge in [-0.3, -0.25) is 9.78 Å². The van der Waals surface area contributed by atoms with Gasteiger partial charge in [0.05, 0.1) is 5.57 Å². The number of rotatable bonds is 2. The fraction of sp³-hybridized carbons (Fsp3) is 0.182. The van der Waals surface area contributed by atoms with E-state index in [1.165, 1.54) is 4.68 Å². The highest BCUT2D eigenvalue weighted by molar-refractivity contribution is 5.95. The van der Waals surface area contributed by atoms with Crippen molar-refractivity contribution < 1.29 is 4.79 Å². The van der Waals surface area contributed by atoms with E-state index in [2.05, 4.69) is 25.8 Å². The van der Waals surface area contributed by atoms with Gasteiger partial charge in [-0.25, -0.2) is 0 Å². The number of nitrogens with two attached hydrogens (primary N) is 1. The van der Waals surface area contributed by atoms with Crippen LogP contribution in [0.15, 0.2) is 35.8 Å². The van der Waals surface area contributed by atoms with Crippen molar-refractivity contribution in [1.29, 1.82) is 0 Å². The van der Waals surface area contributed by atoms with Gasteiger partial charge >= 0.3 is 0 Å². The van der Waals surface area contributed by atoms with Gasteiger partial charge in [0, 0.05) is 18.1 Å². The summed E-state index contributed by atoms with van der Waals surface area (Å²) in [6.07, 6.45) is 3.30. The van der Waals surface area contributed by atoms with Crippen molar-refractivity contribution >= 4 is 11.9 Å². The van der Waals surface area contributed by atoms with Gasteiger partial charge in [0.15, 0.2) is 0 Å². The van der Waals surface area contributed by atoms with Gasteiger partial charge in [0.1, 0.15) is 6.04 Å². The SMILES string of the molecule is CC1=C(C(N)=O)C(c2ccncc2)n2nnnc2N1. The molecule has 1 aliphatic heterocycles. The molecule has 0 radical (unpaired) electrons. The standard InChI is InChI=1S/C11H11N7O/c1-6-8(10(12)19)9(7-2-4-13-5-3-7)18-11(14-6)15-16-17-18/h2-5,9H,1H3,(H2,12,19)(H,14,15,17). The summed E-state index contributed by atoms with van der Waals surface area (Å²) in [5, 5.41) is 14.4. The molecule has 2 aromatic rings. The quantitative estimate of drug-likeness (QED) is 0.773. The number of nitrogens with zero attached hydrogens (tertiary/aromatic N) is 5. The fourth-order valence-electron chi connectivity index (χ4n) is 2.19. The number of hydrogen-bond acceptors (Lipinski definition) is 6. The van der Waals surface area contributed by atoms with Crippen LogP contribution in [0.1, 0.15) is 18.5 Å². The van der Waals surface area contributed by atoms with Gasteiger partial charge in [-0.15, -0.1) is 0 Å². The van der Waals surface area contributed by atoms with Crippen LogP contribution in [0.5, 0.6) is 0 Å². The number of allylic oxidation sites excluding steroid dienone is 1. The summed E-state index contributed by atoms with van der Waals surface area (Å²) in [6, 6.07) is 3.17. The highest BCUT2D eigenvalue weighted by atomic mass is 16.1. The van der Waals surface area contributed by atoms with Crippen LogP contribution in [-0.4, -0.2) is 31.1 Å². The van der Waals surface area contributed by atoms with Gasteiger partial charge in [0.25, 0.3) is 0 Å². The molecule has 0 aliphatic carbocycles. The Balaban J connectivity index is 2.21. The minimum absolute atomic E-state index is 0.436. The molecule has 8 heteroatoms. The summed E-state index contributed by atoms with van der Waals surface area (Å²) >= 11 is 0. The number of pyridine rings is 1. The maximum absolute atomic E-state index is 11.7. The third-order valence-corrected chi connectivity index (χ3v) is 3.00. The number of carbonyl (C=O) groups excluding carboxylic acids is 1. The van der Waals surface area contributed by atoms with E-state index >= 15 is 0 Å². The van der Waals surface area contributed by atoms with E-state index in [0.717, 1.165) is 5.56 Å². The number of hydrogen-bond donors (Lipinski definition) is 2. The summed E-state index contributed by atoms with van der Waals surface area (Å²) in [7, 11) is 0. The molecule has 3 heterocycles. The number of aromatic nitrogens is 5. The molecule has 0 saturated carbocycles. The maximum Gasteiger partial charge on any atom is 0.248 e. The molecule has 0 aromatic carbocycles. The largest absolute Gasteiger partial charge is 0.366 e. The van der Waals surface area contributed by atoms with Crippen molar-refractivity contribution in [2.24, 2.45) is 5.73 Å². The lowest BCUT2D eigenvalue weighted by Gasteiger charge is -2.26. The fourth-order valence-corrected chi connectivity index (χ4v) is 2.19. The molecule has 0 fully saturated rings. The number of anilines is 1. The zero-order chi connectivity index (χ0) is 13.4. The second-order valence-corrected chi connectivity index (χ2v) is 4.16. The Morgan fingerprint density at radius 3 is 2.84 bits per heavy atom. The predicted molar refractivity (Wildman–Crippen MR) is 65.7 cm³/mol. The Morgan fingerprint density at radius 2 is 2.16 bits per heavy atom. The highest BCUT2D eigenvalue weighted by Gasteiger charge is 2.32. The normalized spacial score (nSPS) is 17.8. The molecule has 1 aliphatic rings. The first-order valence-electron chi connectivity index (χ1n) is 5.64. The van der Waals surface area contributed by atoms with Crippen LogP contribution >= 0.6 is 0 Å². The van der Waals surface area contributed by atoms with Crippen molar-refractivity contribution in [2.75, 3.05) is 5.32 Å². The van der Waals surface area contributed by atoms with Gasteiger partial charge in [0.2, 0.25) is 11.9 Å². The highest BCUT2D eigenvalue weighted by Crippen LogP contribution is 2.33. The van der Waals surface area contributed by atoms with Crippen LogP contribution in [0, 0.1) is 0 Å². The Bertz CT molecular complexity index is 661. The number of fused-ring (bicyclic) bond motifs is 1. The second-order valence-electron chi connectivity index (χ2n) is 4.16. The monoisotopic (exact) mass is 257 g/mol. The molecule has 1 amide bonds. The van der Waals surface area contributed by atoms with E-state index in [9.17, 15) is 4.79 Å². The number of primary amides is 1. The van der Waals surface area contributed by atoms with E-state index in [0.29, 0.717) is 17.2 Å². The predicted octanol–water partition coefficient (Wildman–Crippen LogP) is -0.158. The van der Waals surface area contributed by atoms with Crippen molar-refractivity contribution in [3.05, 3.63) is 41.4 Å². The molecule has 3 rings (SSSR count). The summed E-state index contributed by atoms with van der Waals surface area (Å²) in [4.78, 5) is 15.7. The Hall–Kier alpha value is -2.77. The van der Waals surface area contributed by atoms with Crippen LogP contribution in [0.2, 0.25) is 0 Å². The molecule has 3 N–H and O–H groups in total. The summed E-state index contributed by atoms with van der Waals surface area (Å²) < 4.78 is 1.53. The van der Waals surface area contributed by atoms with Crippen molar-refractivity contribution in [1.82, 2.24) is 25.2 Å². The van der Waals surface area contributed by atoms with Gasteiger partial charge < -0.3 is 11.1 Å². The van der Waals surface area contributed by atoms with Gasteiger partial charge in [-0.1, -0.05) is 5.10 Å². The number of carbonyl (C=O) groups is 1. The Labute approximate surface area is 108 Å². The Kier molecular flexibility index (Phi) is 2.48. The van der Waals surface area contributed by atoms with Crippen LogP contribution in [0.3, 0.4) is 0 Å². The van der Waals surface area contributed by atoms with Crippen molar-refractivity contribution in [2.45, 2.75) is 13.0 Å². The Morgan fingerprint density at radius 1 is 1.42 bits per heavy atom. The summed E-state index contributed by atoms with van der Waals surface area (Å²) in [5.41, 5.74) is 7.41. The second kappa shape index (κ2) is 4.16. The average molecular weight is 257 g/mol. The van der Waals surface area contributed by atoms with E-state index in [-0.39, 0.29) is 0 Å². The average Bonchev–Trinajstić information content (AvgIpc) is 2.85. The lowest BCUT2D eigenvalue weighted by molar-refractivity contribution is -0.115. The molecular formula is C11H11N7O. The summed E-state index contributed by atoms with van der Waals surface area (Å²) in [6.45, 7) is 1.77. The molecular weight excluding hydrogens is 246 g/mol. The van der Waals surface area contributed by atoms with Crippen LogP contribution < -0.4 is 11.1 Å². The van der Waals surface area contributed by atoms with Crippen LogP contribution in [-0.2, 0) is 4.79 Å². The van der Waals surface area contributed by atoms with E-state index in [1.807, 2.05) is 0 Å². The molecule has 19 heavy (non-hydrogen) atoms. The maximum atomic E-state index is 11.7. The first kappa shape index (κ1) is 11.3. The first-order valence-corrected chi connectivity index (χ1v) is 5.64. The van der Waals surface area contributed by atoms with Crippen LogP contribution in [0.25, 0.3) is 0 Å². The molecule has 96 valence electrons. The smallest absolute Gasteiger partial charge is 0.248 e. The molecule has 8 nitrogen and oxygen atoms in total. The molecule has 0 bridgehead atoms. The molecule has 0 spiro atoms. The minimum Gasteiger partial charge on any atom is -0.366 e. The molecule has 0 saturated heterocycles. The first-order chi connectivity index (χ1) is 9.18. The molecule has 2 aromatic heterocycles. The molecule has 1 atom stereocenters. The van der Waals surface area contributed by atoms with Crippen LogP contribution in [0.4, 0.5) is 5.95 Å². The van der Waals surface area contributed by atoms with Crippen molar-refractivity contribution in [3.8, 4) is 0 Å². The number of amides is 1. The van der Waals surface area contributed by atoms with E-state index < -0.39 is 11.9 Å². The van der Waals surface area contributed by atoms with E-state index in [4.69, 9.17) is 5.73 Å².